The van der Waals surface area contributed by atoms with Gasteiger partial charge in [-0.15, -0.1) is 0 Å². The maximum absolute atomic E-state index is 11.4. The number of amides is 1. The summed E-state index contributed by atoms with van der Waals surface area (Å²) in [7, 11) is 1.35. The van der Waals surface area contributed by atoms with E-state index in [9.17, 15) is 4.79 Å². The van der Waals surface area contributed by atoms with Gasteiger partial charge in [0.15, 0.2) is 0 Å². The molecule has 1 amide bonds. The molecule has 1 aliphatic rings. The molecule has 0 aliphatic carbocycles. The molecule has 0 saturated carbocycles. The largest absolute Gasteiger partial charge is 0.453 e. The molecule has 5 heteroatoms. The van der Waals surface area contributed by atoms with Crippen LogP contribution < -0.4 is 5.32 Å². The Kier molecular flexibility index (Phi) is 4.27. The second-order valence-corrected chi connectivity index (χ2v) is 4.94. The summed E-state index contributed by atoms with van der Waals surface area (Å²) < 4.78 is 4.63. The van der Waals surface area contributed by atoms with Crippen molar-refractivity contribution < 1.29 is 9.53 Å². The van der Waals surface area contributed by atoms with Crippen molar-refractivity contribution in [2.24, 2.45) is 4.99 Å². The molecule has 1 N–H and O–H groups in total. The van der Waals surface area contributed by atoms with Gasteiger partial charge in [0.2, 0.25) is 5.96 Å². The van der Waals surface area contributed by atoms with Gasteiger partial charge in [-0.05, 0) is 31.9 Å². The number of benzene rings is 1. The van der Waals surface area contributed by atoms with E-state index in [1.165, 1.54) is 23.8 Å². The van der Waals surface area contributed by atoms with Crippen LogP contribution in [0.2, 0.25) is 0 Å². The number of alkyl carbamates (subject to hydrolysis) is 1. The molecule has 1 aromatic rings. The van der Waals surface area contributed by atoms with E-state index in [1.807, 2.05) is 0 Å². The number of methoxy groups -OCH3 is 1. The predicted molar refractivity (Wildman–Crippen MR) is 78.9 cm³/mol. The van der Waals surface area contributed by atoms with Gasteiger partial charge >= 0.3 is 6.09 Å². The number of ether oxygens (including phenoxy) is 1. The Hall–Kier alpha value is -2.04. The number of nitrogens with zero attached hydrogens (tertiary/aromatic N) is 2. The summed E-state index contributed by atoms with van der Waals surface area (Å²) >= 11 is 0. The molecule has 0 aromatic heterocycles. The van der Waals surface area contributed by atoms with Gasteiger partial charge in [0.1, 0.15) is 0 Å². The van der Waals surface area contributed by atoms with Gasteiger partial charge in [-0.25, -0.2) is 4.79 Å². The van der Waals surface area contributed by atoms with Crippen LogP contribution in [0.3, 0.4) is 0 Å². The van der Waals surface area contributed by atoms with E-state index in [0.717, 1.165) is 6.54 Å². The topological polar surface area (TPSA) is 53.9 Å². The van der Waals surface area contributed by atoms with Crippen molar-refractivity contribution in [1.29, 1.82) is 0 Å². The molecule has 1 unspecified atom stereocenters. The summed E-state index contributed by atoms with van der Waals surface area (Å²) in [6.45, 7) is 7.67. The second kappa shape index (κ2) is 5.94. The molecule has 0 spiro atoms. The molecule has 0 radical (unpaired) electrons. The highest BCUT2D eigenvalue weighted by Gasteiger charge is 2.30. The molecule has 2 rings (SSSR count). The minimum atomic E-state index is -0.483. The van der Waals surface area contributed by atoms with Gasteiger partial charge in [0.25, 0.3) is 0 Å². The number of nitrogens with one attached hydrogen (secondary N) is 1. The van der Waals surface area contributed by atoms with Gasteiger partial charge in [-0.3, -0.25) is 10.3 Å². The molecule has 1 heterocycles. The number of guanidine groups is 1. The zero-order chi connectivity index (χ0) is 14.7. The molecular weight excluding hydrogens is 254 g/mol. The summed E-state index contributed by atoms with van der Waals surface area (Å²) in [5.41, 5.74) is 3.74. The summed E-state index contributed by atoms with van der Waals surface area (Å²) in [5, 5.41) is 2.68. The van der Waals surface area contributed by atoms with Crippen molar-refractivity contribution in [2.75, 3.05) is 20.2 Å². The fraction of sp³-hybridized carbons (Fsp3) is 0.467. The first kappa shape index (κ1) is 14.4. The van der Waals surface area contributed by atoms with Crippen molar-refractivity contribution in [2.45, 2.75) is 26.8 Å². The van der Waals surface area contributed by atoms with Crippen LogP contribution >= 0.6 is 0 Å². The number of carbonyl (C=O) groups excluding carboxylic acids is 1. The molecule has 1 aliphatic heterocycles. The van der Waals surface area contributed by atoms with Crippen molar-refractivity contribution in [1.82, 2.24) is 10.2 Å². The molecular formula is C15H21N3O2. The van der Waals surface area contributed by atoms with E-state index in [0.29, 0.717) is 12.5 Å². The number of hydrogen-bond acceptors (Lipinski definition) is 4. The summed E-state index contributed by atoms with van der Waals surface area (Å²) in [6, 6.07) is 6.61. The summed E-state index contributed by atoms with van der Waals surface area (Å²) in [6.07, 6.45) is -0.483. The van der Waals surface area contributed by atoms with E-state index in [1.54, 1.807) is 0 Å². The minimum absolute atomic E-state index is 0.173. The standard InChI is InChI=1S/C15H21N3O2/c1-5-18-13(9-16-14(18)17-15(19)20-4)12-8-10(2)6-7-11(12)3/h6-8,13H,5,9H2,1-4H3,(H,16,17,19). The van der Waals surface area contributed by atoms with E-state index in [4.69, 9.17) is 0 Å². The summed E-state index contributed by atoms with van der Waals surface area (Å²) in [5.74, 6) is 0.588. The number of hydrogen-bond donors (Lipinski definition) is 1. The fourth-order valence-electron chi connectivity index (χ4n) is 2.52. The fourth-order valence-corrected chi connectivity index (χ4v) is 2.52. The molecule has 1 aromatic carbocycles. The third kappa shape index (κ3) is 2.76. The third-order valence-electron chi connectivity index (χ3n) is 3.60. The van der Waals surface area contributed by atoms with Gasteiger partial charge in [0, 0.05) is 6.54 Å². The molecule has 0 fully saturated rings. The van der Waals surface area contributed by atoms with Crippen LogP contribution in [-0.2, 0) is 4.74 Å². The van der Waals surface area contributed by atoms with E-state index in [2.05, 4.69) is 58.9 Å². The van der Waals surface area contributed by atoms with Crippen LogP contribution in [0.25, 0.3) is 0 Å². The molecule has 108 valence electrons. The second-order valence-electron chi connectivity index (χ2n) is 4.94. The number of rotatable bonds is 2. The minimum Gasteiger partial charge on any atom is -0.453 e. The number of aliphatic imine (C=N–C) groups is 1. The lowest BCUT2D eigenvalue weighted by atomic mass is 9.98. The Morgan fingerprint density at radius 2 is 2.25 bits per heavy atom. The highest BCUT2D eigenvalue weighted by molar-refractivity contribution is 5.95. The maximum Gasteiger partial charge on any atom is 0.413 e. The molecule has 0 bridgehead atoms. The van der Waals surface area contributed by atoms with Crippen LogP contribution in [-0.4, -0.2) is 37.2 Å². The zero-order valence-corrected chi connectivity index (χ0v) is 12.4. The lowest BCUT2D eigenvalue weighted by molar-refractivity contribution is 0.175. The van der Waals surface area contributed by atoms with Crippen LogP contribution in [0, 0.1) is 13.8 Å². The van der Waals surface area contributed by atoms with Gasteiger partial charge < -0.3 is 9.64 Å². The van der Waals surface area contributed by atoms with Crippen molar-refractivity contribution in [3.63, 3.8) is 0 Å². The first-order chi connectivity index (χ1) is 9.56. The lowest BCUT2D eigenvalue weighted by Gasteiger charge is -2.27. The number of aryl methyl sites for hydroxylation is 2. The summed E-state index contributed by atoms with van der Waals surface area (Å²) in [4.78, 5) is 17.9. The Bertz CT molecular complexity index is 540. The van der Waals surface area contributed by atoms with Crippen LogP contribution in [0.15, 0.2) is 23.2 Å². The van der Waals surface area contributed by atoms with Gasteiger partial charge in [-0.2, -0.15) is 0 Å². The zero-order valence-electron chi connectivity index (χ0n) is 12.4. The first-order valence-electron chi connectivity index (χ1n) is 6.80. The Labute approximate surface area is 119 Å². The Morgan fingerprint density at radius 1 is 1.50 bits per heavy atom. The van der Waals surface area contributed by atoms with Gasteiger partial charge in [0.05, 0.1) is 19.7 Å². The molecule has 0 saturated heterocycles. The van der Waals surface area contributed by atoms with E-state index in [-0.39, 0.29) is 6.04 Å². The monoisotopic (exact) mass is 275 g/mol. The Balaban J connectivity index is 2.23. The lowest BCUT2D eigenvalue weighted by Crippen LogP contribution is -2.42. The predicted octanol–water partition coefficient (Wildman–Crippen LogP) is 2.39. The van der Waals surface area contributed by atoms with Gasteiger partial charge in [-0.1, -0.05) is 23.8 Å². The normalized spacial score (nSPS) is 17.9. The van der Waals surface area contributed by atoms with E-state index < -0.39 is 6.09 Å². The quantitative estimate of drug-likeness (QED) is 0.901. The van der Waals surface area contributed by atoms with Crippen molar-refractivity contribution in [3.8, 4) is 0 Å². The van der Waals surface area contributed by atoms with Crippen LogP contribution in [0.4, 0.5) is 4.79 Å². The van der Waals surface area contributed by atoms with Crippen LogP contribution in [0.5, 0.6) is 0 Å². The Morgan fingerprint density at radius 3 is 2.90 bits per heavy atom. The molecule has 5 nitrogen and oxygen atoms in total. The van der Waals surface area contributed by atoms with Crippen LogP contribution in [0.1, 0.15) is 29.7 Å². The smallest absolute Gasteiger partial charge is 0.413 e. The highest BCUT2D eigenvalue weighted by atomic mass is 16.5. The average Bonchev–Trinajstić information content (AvgIpc) is 2.83. The maximum atomic E-state index is 11.4. The van der Waals surface area contributed by atoms with E-state index >= 15 is 0 Å². The highest BCUT2D eigenvalue weighted by Crippen LogP contribution is 2.28. The molecule has 20 heavy (non-hydrogen) atoms. The molecule has 1 atom stereocenters. The van der Waals surface area contributed by atoms with Crippen molar-refractivity contribution in [3.05, 3.63) is 34.9 Å². The first-order valence-corrected chi connectivity index (χ1v) is 6.80. The third-order valence-corrected chi connectivity index (χ3v) is 3.60. The average molecular weight is 275 g/mol. The SMILES string of the molecule is CCN1C(NC(=O)OC)=NCC1c1cc(C)ccc1C. The number of carbonyl (C=O) groups is 1. The number of likely N-dealkylation sites (N-methyl/N-ethyl adjacent to an activating group) is 1. The van der Waals surface area contributed by atoms with Crippen molar-refractivity contribution >= 4 is 12.1 Å².